The van der Waals surface area contributed by atoms with Gasteiger partial charge < -0.3 is 21.1 Å². The summed E-state index contributed by atoms with van der Waals surface area (Å²) < 4.78 is 13.6. The van der Waals surface area contributed by atoms with Crippen LogP contribution in [0.2, 0.25) is 0 Å². The van der Waals surface area contributed by atoms with Gasteiger partial charge in [-0.25, -0.2) is 9.87 Å². The topological polar surface area (TPSA) is 140 Å². The SMILES string of the molecule is C.C[C@@H](O)[C@H](NC(=O)c1ccc(C#Cc2ccc(NC(=O)CNCCc3ccccc3F)cc2)cc1)C(=O)NO. The summed E-state index contributed by atoms with van der Waals surface area (Å²) in [6.07, 6.45) is -0.726. The molecule has 0 saturated carbocycles. The molecule has 0 bridgehead atoms. The van der Waals surface area contributed by atoms with Gasteiger partial charge in [0.1, 0.15) is 11.9 Å². The van der Waals surface area contributed by atoms with Gasteiger partial charge in [0.2, 0.25) is 5.91 Å². The third-order valence-corrected chi connectivity index (χ3v) is 5.64. The maximum Gasteiger partial charge on any atom is 0.268 e. The van der Waals surface area contributed by atoms with Gasteiger partial charge in [0.05, 0.1) is 12.6 Å². The fraction of sp³-hybridized carbons (Fsp3) is 0.233. The Kier molecular flexibility index (Phi) is 12.5. The number of hydroxylamine groups is 1. The van der Waals surface area contributed by atoms with E-state index in [-0.39, 0.29) is 31.3 Å². The van der Waals surface area contributed by atoms with Crippen molar-refractivity contribution in [2.75, 3.05) is 18.4 Å². The summed E-state index contributed by atoms with van der Waals surface area (Å²) >= 11 is 0. The number of nitrogens with one attached hydrogen (secondary N) is 4. The molecule has 3 rings (SSSR count). The van der Waals surface area contributed by atoms with E-state index < -0.39 is 24.0 Å². The molecule has 0 fully saturated rings. The Labute approximate surface area is 232 Å². The van der Waals surface area contributed by atoms with Crippen molar-refractivity contribution in [3.05, 3.63) is 101 Å². The highest BCUT2D eigenvalue weighted by atomic mass is 19.1. The van der Waals surface area contributed by atoms with Crippen molar-refractivity contribution in [2.24, 2.45) is 0 Å². The molecule has 40 heavy (non-hydrogen) atoms. The molecule has 0 aliphatic rings. The van der Waals surface area contributed by atoms with Crippen LogP contribution in [0.4, 0.5) is 10.1 Å². The van der Waals surface area contributed by atoms with Crippen LogP contribution in [0.5, 0.6) is 0 Å². The van der Waals surface area contributed by atoms with Gasteiger partial charge in [-0.1, -0.05) is 37.5 Å². The van der Waals surface area contributed by atoms with E-state index in [2.05, 4.69) is 27.8 Å². The second-order valence-corrected chi connectivity index (χ2v) is 8.64. The number of carbonyl (C=O) groups excluding carboxylic acids is 3. The van der Waals surface area contributed by atoms with Gasteiger partial charge in [-0.3, -0.25) is 19.6 Å². The second-order valence-electron chi connectivity index (χ2n) is 8.64. The highest BCUT2D eigenvalue weighted by Crippen LogP contribution is 2.10. The van der Waals surface area contributed by atoms with Crippen LogP contribution in [0.1, 0.15) is 41.4 Å². The molecule has 0 aliphatic heterocycles. The molecular weight excluding hydrogens is 515 g/mol. The van der Waals surface area contributed by atoms with Crippen LogP contribution in [0.15, 0.2) is 72.8 Å². The van der Waals surface area contributed by atoms with Crippen LogP contribution in [0.3, 0.4) is 0 Å². The zero-order chi connectivity index (χ0) is 28.2. The van der Waals surface area contributed by atoms with E-state index in [4.69, 9.17) is 5.21 Å². The average molecular weight is 549 g/mol. The number of aliphatic hydroxyl groups is 1. The Hall–Kier alpha value is -4.56. The van der Waals surface area contributed by atoms with E-state index in [1.165, 1.54) is 30.6 Å². The Morgan fingerprint density at radius 1 is 0.925 bits per heavy atom. The lowest BCUT2D eigenvalue weighted by atomic mass is 10.1. The van der Waals surface area contributed by atoms with E-state index in [9.17, 15) is 23.9 Å². The minimum atomic E-state index is -1.31. The summed E-state index contributed by atoms with van der Waals surface area (Å²) in [7, 11) is 0. The summed E-state index contributed by atoms with van der Waals surface area (Å²) in [4.78, 5) is 36.1. The molecule has 3 aromatic rings. The second kappa shape index (κ2) is 15.8. The summed E-state index contributed by atoms with van der Waals surface area (Å²) in [5, 5.41) is 26.5. The zero-order valence-electron chi connectivity index (χ0n) is 21.2. The number of rotatable bonds is 10. The summed E-state index contributed by atoms with van der Waals surface area (Å²) in [6.45, 7) is 1.88. The number of hydrogen-bond donors (Lipinski definition) is 6. The molecule has 0 aromatic heterocycles. The molecule has 9 nitrogen and oxygen atoms in total. The van der Waals surface area contributed by atoms with Crippen molar-refractivity contribution in [3.8, 4) is 11.8 Å². The largest absolute Gasteiger partial charge is 0.391 e. The van der Waals surface area contributed by atoms with Crippen molar-refractivity contribution in [1.29, 1.82) is 0 Å². The highest BCUT2D eigenvalue weighted by molar-refractivity contribution is 5.97. The Morgan fingerprint density at radius 2 is 1.52 bits per heavy atom. The number of anilines is 1. The molecule has 0 saturated heterocycles. The van der Waals surface area contributed by atoms with Crippen LogP contribution < -0.4 is 21.4 Å². The molecule has 0 heterocycles. The third-order valence-electron chi connectivity index (χ3n) is 5.64. The summed E-state index contributed by atoms with van der Waals surface area (Å²) in [6, 6.07) is 18.5. The maximum absolute atomic E-state index is 13.6. The van der Waals surface area contributed by atoms with Crippen LogP contribution >= 0.6 is 0 Å². The predicted molar refractivity (Wildman–Crippen MR) is 150 cm³/mol. The highest BCUT2D eigenvalue weighted by Gasteiger charge is 2.25. The van der Waals surface area contributed by atoms with Crippen LogP contribution in [0, 0.1) is 17.7 Å². The van der Waals surface area contributed by atoms with Gasteiger partial charge in [-0.05, 0) is 80.1 Å². The lowest BCUT2D eigenvalue weighted by Crippen LogP contribution is -2.51. The fourth-order valence-electron chi connectivity index (χ4n) is 3.52. The Morgan fingerprint density at radius 3 is 2.10 bits per heavy atom. The Balaban J connectivity index is 0.00000560. The van der Waals surface area contributed by atoms with E-state index in [1.807, 2.05) is 0 Å². The third kappa shape index (κ3) is 9.63. The summed E-state index contributed by atoms with van der Waals surface area (Å²) in [5.74, 6) is 3.98. The first-order valence-corrected chi connectivity index (χ1v) is 12.2. The Bertz CT molecular complexity index is 1350. The average Bonchev–Trinajstić information content (AvgIpc) is 2.94. The number of halogens is 1. The van der Waals surface area contributed by atoms with Crippen molar-refractivity contribution in [3.63, 3.8) is 0 Å². The molecule has 0 radical (unpaired) electrons. The molecule has 210 valence electrons. The minimum Gasteiger partial charge on any atom is -0.391 e. The lowest BCUT2D eigenvalue weighted by molar-refractivity contribution is -0.133. The predicted octanol–water partition coefficient (Wildman–Crippen LogP) is 2.62. The van der Waals surface area contributed by atoms with Gasteiger partial charge in [-0.2, -0.15) is 0 Å². The molecular formula is C30H33FN4O5. The van der Waals surface area contributed by atoms with E-state index in [0.717, 1.165) is 0 Å². The zero-order valence-corrected chi connectivity index (χ0v) is 21.2. The first-order chi connectivity index (χ1) is 18.8. The number of amides is 3. The van der Waals surface area contributed by atoms with Gasteiger partial charge in [-0.15, -0.1) is 0 Å². The van der Waals surface area contributed by atoms with E-state index >= 15 is 0 Å². The quantitative estimate of drug-likeness (QED) is 0.0997. The van der Waals surface area contributed by atoms with Crippen LogP contribution in [0.25, 0.3) is 0 Å². The maximum atomic E-state index is 13.6. The first-order valence-electron chi connectivity index (χ1n) is 12.2. The van der Waals surface area contributed by atoms with Crippen LogP contribution in [-0.4, -0.2) is 53.3 Å². The molecule has 0 spiro atoms. The standard InChI is InChI=1S/C29H29FN4O5.CH4/c1-19(35)27(29(38)34-39)33-28(37)23-12-8-20(9-13-23)6-7-21-10-14-24(15-11-21)32-26(36)18-31-17-16-22-4-2-3-5-25(22)30;/h2-5,8-15,19,27,31,35,39H,16-18H2,1H3,(H,32,36)(H,33,37)(H,34,38);1H4/t19-,27+;/m1./s1. The van der Waals surface area contributed by atoms with Crippen molar-refractivity contribution in [1.82, 2.24) is 16.1 Å². The van der Waals surface area contributed by atoms with Crippen molar-refractivity contribution in [2.45, 2.75) is 32.9 Å². The molecule has 0 aliphatic carbocycles. The fourth-order valence-corrected chi connectivity index (χ4v) is 3.52. The molecule has 0 unspecified atom stereocenters. The molecule has 3 aromatic carbocycles. The smallest absolute Gasteiger partial charge is 0.268 e. The van der Waals surface area contributed by atoms with E-state index in [0.29, 0.717) is 35.3 Å². The van der Waals surface area contributed by atoms with Gasteiger partial charge in [0, 0.05) is 22.4 Å². The van der Waals surface area contributed by atoms with Gasteiger partial charge in [0.25, 0.3) is 11.8 Å². The van der Waals surface area contributed by atoms with E-state index in [1.54, 1.807) is 54.6 Å². The molecule has 3 amide bonds. The minimum absolute atomic E-state index is 0. The lowest BCUT2D eigenvalue weighted by Gasteiger charge is -2.19. The monoisotopic (exact) mass is 548 g/mol. The number of benzene rings is 3. The molecule has 10 heteroatoms. The number of aliphatic hydroxyl groups excluding tert-OH is 1. The van der Waals surface area contributed by atoms with Crippen LogP contribution in [-0.2, 0) is 16.0 Å². The normalized spacial score (nSPS) is 11.6. The van der Waals surface area contributed by atoms with Crippen molar-refractivity contribution < 1.29 is 29.1 Å². The summed E-state index contributed by atoms with van der Waals surface area (Å²) in [5.41, 5.74) is 4.23. The molecule has 6 N–H and O–H groups in total. The number of carbonyl (C=O) groups is 3. The van der Waals surface area contributed by atoms with Gasteiger partial charge >= 0.3 is 0 Å². The number of hydrogen-bond acceptors (Lipinski definition) is 6. The van der Waals surface area contributed by atoms with Crippen molar-refractivity contribution >= 4 is 23.4 Å². The van der Waals surface area contributed by atoms with Gasteiger partial charge in [0.15, 0.2) is 0 Å². The first kappa shape index (κ1) is 31.7. The molecule has 2 atom stereocenters.